The molecule has 0 aliphatic carbocycles. The van der Waals surface area contributed by atoms with E-state index in [-0.39, 0.29) is 29.0 Å². The van der Waals surface area contributed by atoms with Crippen LogP contribution in [0.25, 0.3) is 0 Å². The van der Waals surface area contributed by atoms with Crippen molar-refractivity contribution in [3.8, 4) is 0 Å². The van der Waals surface area contributed by atoms with Crippen LogP contribution in [0.15, 0.2) is 0 Å². The molecule has 2 heterocycles. The molecule has 3 N–H and O–H groups in total. The Morgan fingerprint density at radius 3 is 2.65 bits per heavy atom. The summed E-state index contributed by atoms with van der Waals surface area (Å²) in [5.74, 6) is -0.0475. The summed E-state index contributed by atoms with van der Waals surface area (Å²) in [4.78, 5) is 29.4. The maximum absolute atomic E-state index is 12.3. The van der Waals surface area contributed by atoms with Crippen molar-refractivity contribution in [1.82, 2.24) is 20.1 Å². The molecule has 0 spiro atoms. The van der Waals surface area contributed by atoms with Gasteiger partial charge < -0.3 is 10.6 Å². The number of aromatic nitrogens is 3. The van der Waals surface area contributed by atoms with Crippen LogP contribution in [-0.4, -0.2) is 45.0 Å². The van der Waals surface area contributed by atoms with Crippen molar-refractivity contribution >= 4 is 11.8 Å². The minimum absolute atomic E-state index is 0.153. The average Bonchev–Trinajstić information content (AvgIpc) is 2.87. The summed E-state index contributed by atoms with van der Waals surface area (Å²) in [5.41, 5.74) is 5.12. The Hall–Kier alpha value is -1.92. The summed E-state index contributed by atoms with van der Waals surface area (Å²) in [6, 6.07) is 0. The highest BCUT2D eigenvalue weighted by atomic mass is 16.2. The van der Waals surface area contributed by atoms with E-state index >= 15 is 0 Å². The van der Waals surface area contributed by atoms with E-state index < -0.39 is 0 Å². The minimum Gasteiger partial charge on any atom is -0.369 e. The number of H-pyrrole nitrogens is 1. The van der Waals surface area contributed by atoms with Crippen molar-refractivity contribution in [2.24, 2.45) is 11.7 Å². The number of nitrogens with one attached hydrogen (secondary N) is 1. The van der Waals surface area contributed by atoms with E-state index in [1.807, 2.05) is 20.8 Å². The monoisotopic (exact) mass is 279 g/mol. The van der Waals surface area contributed by atoms with Gasteiger partial charge in [-0.1, -0.05) is 20.8 Å². The van der Waals surface area contributed by atoms with E-state index in [9.17, 15) is 9.59 Å². The Kier molecular flexibility index (Phi) is 3.78. The van der Waals surface area contributed by atoms with Gasteiger partial charge in [0.05, 0.1) is 5.92 Å². The number of nitrogens with zero attached hydrogens (tertiary/aromatic N) is 3. The predicted octanol–water partition coefficient (Wildman–Crippen LogP) is 0.440. The molecule has 1 aromatic rings. The molecule has 1 atom stereocenters. The third-order valence-corrected chi connectivity index (χ3v) is 3.50. The number of aromatic amines is 1. The molecule has 20 heavy (non-hydrogen) atoms. The van der Waals surface area contributed by atoms with E-state index in [0.717, 1.165) is 12.8 Å². The summed E-state index contributed by atoms with van der Waals surface area (Å²) in [5, 5.41) is 6.78. The molecule has 1 unspecified atom stereocenters. The van der Waals surface area contributed by atoms with Gasteiger partial charge in [-0.15, -0.1) is 5.10 Å². The second-order valence-electron chi connectivity index (χ2n) is 6.25. The number of nitrogens with two attached hydrogens (primary N) is 1. The smallest absolute Gasteiger partial charge is 0.293 e. The van der Waals surface area contributed by atoms with E-state index in [0.29, 0.717) is 18.9 Å². The SMILES string of the molecule is CC(C)(C)c1nc(C(=O)N2CCCC(C(N)=O)C2)n[nH]1. The van der Waals surface area contributed by atoms with Crippen LogP contribution in [0.3, 0.4) is 0 Å². The highest BCUT2D eigenvalue weighted by Crippen LogP contribution is 2.20. The molecule has 7 heteroatoms. The molecule has 2 rings (SSSR count). The first-order valence-electron chi connectivity index (χ1n) is 6.80. The van der Waals surface area contributed by atoms with Gasteiger partial charge in [0.25, 0.3) is 5.91 Å². The number of piperidine rings is 1. The fraction of sp³-hybridized carbons (Fsp3) is 0.692. The Morgan fingerprint density at radius 1 is 1.40 bits per heavy atom. The van der Waals surface area contributed by atoms with Crippen molar-refractivity contribution in [2.75, 3.05) is 13.1 Å². The number of amides is 2. The molecule has 0 radical (unpaired) electrons. The molecule has 1 fully saturated rings. The van der Waals surface area contributed by atoms with Gasteiger partial charge in [-0.3, -0.25) is 14.7 Å². The lowest BCUT2D eigenvalue weighted by molar-refractivity contribution is -0.123. The third kappa shape index (κ3) is 2.97. The van der Waals surface area contributed by atoms with Gasteiger partial charge in [0.1, 0.15) is 5.82 Å². The quantitative estimate of drug-likeness (QED) is 0.819. The van der Waals surface area contributed by atoms with Crippen LogP contribution in [0, 0.1) is 5.92 Å². The van der Waals surface area contributed by atoms with E-state index in [1.165, 1.54) is 0 Å². The van der Waals surface area contributed by atoms with Crippen molar-refractivity contribution in [3.63, 3.8) is 0 Å². The maximum atomic E-state index is 12.3. The number of hydrogen-bond donors (Lipinski definition) is 2. The van der Waals surface area contributed by atoms with Crippen LogP contribution in [0.1, 0.15) is 50.1 Å². The largest absolute Gasteiger partial charge is 0.369 e. The Bertz CT molecular complexity index is 517. The zero-order chi connectivity index (χ0) is 14.9. The molecule has 0 saturated carbocycles. The molecule has 1 saturated heterocycles. The molecule has 0 aromatic carbocycles. The molecular weight excluding hydrogens is 258 g/mol. The van der Waals surface area contributed by atoms with Crippen LogP contribution in [0.5, 0.6) is 0 Å². The lowest BCUT2D eigenvalue weighted by Gasteiger charge is -2.30. The van der Waals surface area contributed by atoms with Gasteiger partial charge in [-0.2, -0.15) is 0 Å². The molecule has 110 valence electrons. The van der Waals surface area contributed by atoms with E-state index in [2.05, 4.69) is 15.2 Å². The average molecular weight is 279 g/mol. The van der Waals surface area contributed by atoms with Crippen molar-refractivity contribution < 1.29 is 9.59 Å². The van der Waals surface area contributed by atoms with E-state index in [4.69, 9.17) is 5.73 Å². The number of primary amides is 1. The maximum Gasteiger partial charge on any atom is 0.293 e. The normalized spacial score (nSPS) is 19.9. The van der Waals surface area contributed by atoms with Gasteiger partial charge in [-0.05, 0) is 12.8 Å². The fourth-order valence-corrected chi connectivity index (χ4v) is 2.23. The van der Waals surface area contributed by atoms with E-state index in [1.54, 1.807) is 4.90 Å². The standard InChI is InChI=1S/C13H21N5O2/c1-13(2,3)12-15-10(16-17-12)11(20)18-6-4-5-8(7-18)9(14)19/h8H,4-7H2,1-3H3,(H2,14,19)(H,15,16,17). The number of carbonyl (C=O) groups is 2. The lowest BCUT2D eigenvalue weighted by atomic mass is 9.96. The predicted molar refractivity (Wildman–Crippen MR) is 72.9 cm³/mol. The van der Waals surface area contributed by atoms with Gasteiger partial charge in [0.15, 0.2) is 0 Å². The lowest BCUT2D eigenvalue weighted by Crippen LogP contribution is -2.44. The van der Waals surface area contributed by atoms with Gasteiger partial charge in [0, 0.05) is 18.5 Å². The van der Waals surface area contributed by atoms with Gasteiger partial charge >= 0.3 is 0 Å². The first-order chi connectivity index (χ1) is 9.29. The van der Waals surface area contributed by atoms with Gasteiger partial charge in [-0.25, -0.2) is 4.98 Å². The van der Waals surface area contributed by atoms with Gasteiger partial charge in [0.2, 0.25) is 11.7 Å². The van der Waals surface area contributed by atoms with Crippen molar-refractivity contribution in [3.05, 3.63) is 11.6 Å². The van der Waals surface area contributed by atoms with Crippen LogP contribution in [0.2, 0.25) is 0 Å². The summed E-state index contributed by atoms with van der Waals surface area (Å²) >= 11 is 0. The Labute approximate surface area is 117 Å². The number of hydrogen-bond acceptors (Lipinski definition) is 4. The highest BCUT2D eigenvalue weighted by Gasteiger charge is 2.30. The van der Waals surface area contributed by atoms with Crippen LogP contribution < -0.4 is 5.73 Å². The number of rotatable bonds is 2. The fourth-order valence-electron chi connectivity index (χ4n) is 2.23. The summed E-state index contributed by atoms with van der Waals surface area (Å²) in [6.45, 7) is 6.94. The van der Waals surface area contributed by atoms with Crippen molar-refractivity contribution in [1.29, 1.82) is 0 Å². The molecule has 2 amide bonds. The number of likely N-dealkylation sites (tertiary alicyclic amines) is 1. The highest BCUT2D eigenvalue weighted by molar-refractivity contribution is 5.91. The number of carbonyl (C=O) groups excluding carboxylic acids is 2. The molecule has 7 nitrogen and oxygen atoms in total. The summed E-state index contributed by atoms with van der Waals surface area (Å²) in [7, 11) is 0. The van der Waals surface area contributed by atoms with Crippen LogP contribution in [0.4, 0.5) is 0 Å². The Morgan fingerprint density at radius 2 is 2.10 bits per heavy atom. The molecule has 0 bridgehead atoms. The summed E-state index contributed by atoms with van der Waals surface area (Å²) in [6.07, 6.45) is 1.51. The van der Waals surface area contributed by atoms with Crippen LogP contribution >= 0.6 is 0 Å². The summed E-state index contributed by atoms with van der Waals surface area (Å²) < 4.78 is 0. The molecular formula is C13H21N5O2. The first kappa shape index (κ1) is 14.5. The zero-order valence-electron chi connectivity index (χ0n) is 12.1. The molecule has 1 aliphatic heterocycles. The molecule has 1 aromatic heterocycles. The topological polar surface area (TPSA) is 105 Å². The second kappa shape index (κ2) is 5.22. The second-order valence-corrected chi connectivity index (χ2v) is 6.25. The zero-order valence-corrected chi connectivity index (χ0v) is 12.1. The third-order valence-electron chi connectivity index (χ3n) is 3.50. The molecule has 1 aliphatic rings. The van der Waals surface area contributed by atoms with Crippen LogP contribution in [-0.2, 0) is 10.2 Å². The van der Waals surface area contributed by atoms with Crippen molar-refractivity contribution in [2.45, 2.75) is 39.0 Å². The Balaban J connectivity index is 2.11. The minimum atomic E-state index is -0.354. The first-order valence-corrected chi connectivity index (χ1v) is 6.80.